The molecule has 0 aromatic heterocycles. The molecule has 2 fully saturated rings. The summed E-state index contributed by atoms with van der Waals surface area (Å²) in [7, 11) is 1.34. The number of hydrogen-bond donors (Lipinski definition) is 1. The number of esters is 1. The number of rotatable bonds is 3. The molecule has 0 spiro atoms. The highest BCUT2D eigenvalue weighted by Crippen LogP contribution is 2.35. The van der Waals surface area contributed by atoms with E-state index in [0.717, 1.165) is 25.7 Å². The second-order valence-electron chi connectivity index (χ2n) is 8.30. The first-order chi connectivity index (χ1) is 12.2. The standard InChI is InChI=1S/C19H32N2O5/c1-6-12-7-9-14(20-18(24)26-19(2,3)4)16(22)21-13(11-12)8-10-15(21)17(23)25-5/h12-15H,6-11H2,1-5H3,(H,20,24)/t12-,13+,14-,15-/m0/s1. The van der Waals surface area contributed by atoms with Crippen LogP contribution in [0.3, 0.4) is 0 Å². The van der Waals surface area contributed by atoms with E-state index in [1.165, 1.54) is 7.11 Å². The number of nitrogens with one attached hydrogen (secondary N) is 1. The fourth-order valence-electron chi connectivity index (χ4n) is 3.98. The van der Waals surface area contributed by atoms with E-state index in [0.29, 0.717) is 18.8 Å². The molecule has 0 aromatic rings. The summed E-state index contributed by atoms with van der Waals surface area (Å²) in [6.07, 6.45) is 4.13. The Morgan fingerprint density at radius 3 is 2.46 bits per heavy atom. The molecule has 0 radical (unpaired) electrons. The van der Waals surface area contributed by atoms with E-state index in [2.05, 4.69) is 12.2 Å². The smallest absolute Gasteiger partial charge is 0.408 e. The second kappa shape index (κ2) is 8.27. The van der Waals surface area contributed by atoms with E-state index in [-0.39, 0.29) is 17.9 Å². The summed E-state index contributed by atoms with van der Waals surface area (Å²) in [4.78, 5) is 39.2. The van der Waals surface area contributed by atoms with Crippen molar-refractivity contribution < 1.29 is 23.9 Å². The Kier molecular flexibility index (Phi) is 6.53. The van der Waals surface area contributed by atoms with Gasteiger partial charge in [-0.2, -0.15) is 0 Å². The quantitative estimate of drug-likeness (QED) is 0.774. The van der Waals surface area contributed by atoms with Crippen molar-refractivity contribution in [2.75, 3.05) is 7.11 Å². The Labute approximate surface area is 155 Å². The van der Waals surface area contributed by atoms with Crippen LogP contribution in [0.2, 0.25) is 0 Å². The molecular formula is C19H32N2O5. The van der Waals surface area contributed by atoms with Crippen LogP contribution >= 0.6 is 0 Å². The summed E-state index contributed by atoms with van der Waals surface area (Å²) in [5.74, 6) is -0.122. The van der Waals surface area contributed by atoms with Crippen LogP contribution in [0.1, 0.15) is 66.2 Å². The summed E-state index contributed by atoms with van der Waals surface area (Å²) in [6, 6.07) is -1.21. The van der Waals surface area contributed by atoms with Crippen molar-refractivity contribution >= 4 is 18.0 Å². The van der Waals surface area contributed by atoms with Crippen LogP contribution in [0, 0.1) is 5.92 Å². The van der Waals surface area contributed by atoms with Gasteiger partial charge in [-0.3, -0.25) is 4.79 Å². The highest BCUT2D eigenvalue weighted by atomic mass is 16.6. The van der Waals surface area contributed by atoms with E-state index in [4.69, 9.17) is 9.47 Å². The summed E-state index contributed by atoms with van der Waals surface area (Å²) >= 11 is 0. The Morgan fingerprint density at radius 2 is 1.88 bits per heavy atom. The molecule has 148 valence electrons. The van der Waals surface area contributed by atoms with Gasteiger partial charge in [-0.05, 0) is 58.8 Å². The number of carbonyl (C=O) groups is 3. The molecular weight excluding hydrogens is 336 g/mol. The van der Waals surface area contributed by atoms with Crippen LogP contribution in [0.25, 0.3) is 0 Å². The van der Waals surface area contributed by atoms with E-state index in [9.17, 15) is 14.4 Å². The number of hydrogen-bond acceptors (Lipinski definition) is 5. The maximum atomic E-state index is 13.2. The van der Waals surface area contributed by atoms with Gasteiger partial charge < -0.3 is 19.7 Å². The van der Waals surface area contributed by atoms with E-state index in [1.54, 1.807) is 25.7 Å². The first kappa shape index (κ1) is 20.5. The zero-order valence-corrected chi connectivity index (χ0v) is 16.5. The largest absolute Gasteiger partial charge is 0.467 e. The predicted molar refractivity (Wildman–Crippen MR) is 96.5 cm³/mol. The zero-order chi connectivity index (χ0) is 19.5. The van der Waals surface area contributed by atoms with Gasteiger partial charge in [0.2, 0.25) is 5.91 Å². The molecule has 0 aliphatic carbocycles. The monoisotopic (exact) mass is 368 g/mol. The van der Waals surface area contributed by atoms with Gasteiger partial charge in [-0.15, -0.1) is 0 Å². The van der Waals surface area contributed by atoms with Gasteiger partial charge in [-0.25, -0.2) is 9.59 Å². The van der Waals surface area contributed by atoms with Gasteiger partial charge in [0.1, 0.15) is 17.7 Å². The van der Waals surface area contributed by atoms with Crippen LogP contribution in [-0.4, -0.2) is 53.7 Å². The molecule has 2 amide bonds. The van der Waals surface area contributed by atoms with Gasteiger partial charge >= 0.3 is 12.1 Å². The predicted octanol–water partition coefficient (Wildman–Crippen LogP) is 2.62. The number of fused-ring (bicyclic) bond motifs is 1. The van der Waals surface area contributed by atoms with E-state index in [1.807, 2.05) is 0 Å². The molecule has 1 N–H and O–H groups in total. The fourth-order valence-corrected chi connectivity index (χ4v) is 3.98. The van der Waals surface area contributed by atoms with Gasteiger partial charge in [0, 0.05) is 6.04 Å². The van der Waals surface area contributed by atoms with Crippen LogP contribution in [-0.2, 0) is 19.1 Å². The van der Waals surface area contributed by atoms with Gasteiger partial charge in [0.25, 0.3) is 0 Å². The van der Waals surface area contributed by atoms with Gasteiger partial charge in [0.15, 0.2) is 0 Å². The lowest BCUT2D eigenvalue weighted by molar-refractivity contribution is -0.153. The molecule has 2 rings (SSSR count). The van der Waals surface area contributed by atoms with Gasteiger partial charge in [0.05, 0.1) is 7.11 Å². The topological polar surface area (TPSA) is 84.9 Å². The minimum Gasteiger partial charge on any atom is -0.467 e. The molecule has 0 saturated carbocycles. The maximum absolute atomic E-state index is 13.2. The fraction of sp³-hybridized carbons (Fsp3) is 0.842. The van der Waals surface area contributed by atoms with Crippen LogP contribution in [0.15, 0.2) is 0 Å². The molecule has 26 heavy (non-hydrogen) atoms. The molecule has 2 aliphatic heterocycles. The molecule has 4 atom stereocenters. The zero-order valence-electron chi connectivity index (χ0n) is 16.5. The summed E-state index contributed by atoms with van der Waals surface area (Å²) < 4.78 is 10.2. The van der Waals surface area contributed by atoms with Crippen molar-refractivity contribution in [1.29, 1.82) is 0 Å². The first-order valence-electron chi connectivity index (χ1n) is 9.55. The number of amides is 2. The third-order valence-corrected chi connectivity index (χ3v) is 5.27. The number of ether oxygens (including phenoxy) is 2. The minimum absolute atomic E-state index is 0.0276. The maximum Gasteiger partial charge on any atom is 0.408 e. The SMILES string of the molecule is CC[C@H]1CC[C@H](NC(=O)OC(C)(C)C)C(=O)N2[C@H](CC[C@H]2C(=O)OC)C1. The van der Waals surface area contributed by atoms with E-state index >= 15 is 0 Å². The highest BCUT2D eigenvalue weighted by Gasteiger charge is 2.45. The molecule has 2 aliphatic rings. The third kappa shape index (κ3) is 4.89. The molecule has 7 heteroatoms. The van der Waals surface area contributed by atoms with Crippen molar-refractivity contribution in [3.8, 4) is 0 Å². The van der Waals surface area contributed by atoms with Crippen LogP contribution in [0.4, 0.5) is 4.79 Å². The van der Waals surface area contributed by atoms with Crippen molar-refractivity contribution in [2.45, 2.75) is 89.9 Å². The second-order valence-corrected chi connectivity index (χ2v) is 8.30. The summed E-state index contributed by atoms with van der Waals surface area (Å²) in [6.45, 7) is 7.48. The lowest BCUT2D eigenvalue weighted by Gasteiger charge is -2.37. The number of carbonyl (C=O) groups excluding carboxylic acids is 3. The van der Waals surface area contributed by atoms with Crippen molar-refractivity contribution in [3.05, 3.63) is 0 Å². The molecule has 2 heterocycles. The summed E-state index contributed by atoms with van der Waals surface area (Å²) in [5, 5.41) is 2.72. The van der Waals surface area contributed by atoms with Crippen molar-refractivity contribution in [1.82, 2.24) is 10.2 Å². The minimum atomic E-state index is -0.674. The van der Waals surface area contributed by atoms with Gasteiger partial charge in [-0.1, -0.05) is 13.3 Å². The average Bonchev–Trinajstić information content (AvgIpc) is 2.96. The van der Waals surface area contributed by atoms with E-state index < -0.39 is 23.8 Å². The molecule has 0 unspecified atom stereocenters. The molecule has 7 nitrogen and oxygen atoms in total. The number of nitrogens with zero attached hydrogens (tertiary/aromatic N) is 1. The van der Waals surface area contributed by atoms with Crippen LogP contribution in [0.5, 0.6) is 0 Å². The average molecular weight is 368 g/mol. The molecule has 0 aromatic carbocycles. The lowest BCUT2D eigenvalue weighted by atomic mass is 9.88. The molecule has 2 saturated heterocycles. The van der Waals surface area contributed by atoms with Crippen LogP contribution < -0.4 is 5.32 Å². The summed E-state index contributed by atoms with van der Waals surface area (Å²) in [5.41, 5.74) is -0.633. The normalized spacial score (nSPS) is 29.4. The Balaban J connectivity index is 2.20. The first-order valence-corrected chi connectivity index (χ1v) is 9.55. The van der Waals surface area contributed by atoms with Crippen molar-refractivity contribution in [2.24, 2.45) is 5.92 Å². The lowest BCUT2D eigenvalue weighted by Crippen LogP contribution is -2.56. The Hall–Kier alpha value is -1.79. The Morgan fingerprint density at radius 1 is 1.19 bits per heavy atom. The highest BCUT2D eigenvalue weighted by molar-refractivity contribution is 5.90. The Bertz CT molecular complexity index is 543. The third-order valence-electron chi connectivity index (χ3n) is 5.27. The number of methoxy groups -OCH3 is 1. The van der Waals surface area contributed by atoms with Crippen molar-refractivity contribution in [3.63, 3.8) is 0 Å². The number of alkyl carbamates (subject to hydrolysis) is 1. The molecule has 0 bridgehead atoms.